The summed E-state index contributed by atoms with van der Waals surface area (Å²) in [6, 6.07) is 15.2. The van der Waals surface area contributed by atoms with Crippen LogP contribution in [0.2, 0.25) is 10.0 Å². The fraction of sp³-hybridized carbons (Fsp3) is 0.100. The van der Waals surface area contributed by atoms with Gasteiger partial charge in [-0.2, -0.15) is 0 Å². The summed E-state index contributed by atoms with van der Waals surface area (Å²) < 4.78 is 6.65. The molecule has 2 aromatic carbocycles. The number of pyridine rings is 1. The number of hydrogen-bond donors (Lipinski definition) is 1. The van der Waals surface area contributed by atoms with Crippen LogP contribution in [-0.2, 0) is 6.54 Å². The standard InChI is InChI=1S/C20H16Cl2N2O3/c1-27-18-9-8-14(21)11-17(18)23-19(25)15-6-4-10-24(20(15)26)12-13-5-2-3-7-16(13)22/h2-11H,12H2,1H3,(H,23,25). The van der Waals surface area contributed by atoms with Crippen LogP contribution in [0.1, 0.15) is 15.9 Å². The Morgan fingerprint density at radius 2 is 1.89 bits per heavy atom. The third-order valence-electron chi connectivity index (χ3n) is 3.97. The molecule has 5 nitrogen and oxygen atoms in total. The molecule has 3 rings (SSSR count). The molecule has 7 heteroatoms. The van der Waals surface area contributed by atoms with E-state index in [1.54, 1.807) is 36.5 Å². The van der Waals surface area contributed by atoms with Gasteiger partial charge in [0, 0.05) is 16.2 Å². The minimum Gasteiger partial charge on any atom is -0.495 e. The van der Waals surface area contributed by atoms with Crippen LogP contribution in [0.15, 0.2) is 65.6 Å². The summed E-state index contributed by atoms with van der Waals surface area (Å²) >= 11 is 12.1. The van der Waals surface area contributed by atoms with E-state index in [4.69, 9.17) is 27.9 Å². The number of hydrogen-bond acceptors (Lipinski definition) is 3. The van der Waals surface area contributed by atoms with Gasteiger partial charge in [-0.15, -0.1) is 0 Å². The van der Waals surface area contributed by atoms with Gasteiger partial charge >= 0.3 is 0 Å². The highest BCUT2D eigenvalue weighted by Crippen LogP contribution is 2.27. The highest BCUT2D eigenvalue weighted by Gasteiger charge is 2.15. The van der Waals surface area contributed by atoms with Crippen molar-refractivity contribution >= 4 is 34.8 Å². The van der Waals surface area contributed by atoms with Gasteiger partial charge in [0.15, 0.2) is 0 Å². The molecule has 1 amide bonds. The van der Waals surface area contributed by atoms with Crippen molar-refractivity contribution in [1.82, 2.24) is 4.57 Å². The predicted molar refractivity (Wildman–Crippen MR) is 107 cm³/mol. The first-order valence-corrected chi connectivity index (χ1v) is 8.83. The van der Waals surface area contributed by atoms with Gasteiger partial charge in [-0.25, -0.2) is 0 Å². The maximum Gasteiger partial charge on any atom is 0.263 e. The molecule has 27 heavy (non-hydrogen) atoms. The summed E-state index contributed by atoms with van der Waals surface area (Å²) in [5.74, 6) is -0.103. The Labute approximate surface area is 166 Å². The van der Waals surface area contributed by atoms with Gasteiger partial charge in [0.1, 0.15) is 11.3 Å². The number of methoxy groups -OCH3 is 1. The van der Waals surface area contributed by atoms with E-state index in [-0.39, 0.29) is 12.1 Å². The number of benzene rings is 2. The van der Waals surface area contributed by atoms with Crippen molar-refractivity contribution in [3.05, 3.63) is 92.3 Å². The second-order valence-corrected chi connectivity index (χ2v) is 6.59. The Morgan fingerprint density at radius 1 is 1.11 bits per heavy atom. The fourth-order valence-electron chi connectivity index (χ4n) is 2.61. The quantitative estimate of drug-likeness (QED) is 0.684. The van der Waals surface area contributed by atoms with Crippen LogP contribution >= 0.6 is 23.2 Å². The van der Waals surface area contributed by atoms with Crippen molar-refractivity contribution < 1.29 is 9.53 Å². The summed E-state index contributed by atoms with van der Waals surface area (Å²) in [6.45, 7) is 0.264. The molecule has 1 aromatic heterocycles. The number of carbonyl (C=O) groups excluding carboxylic acids is 1. The van der Waals surface area contributed by atoms with Gasteiger partial charge in [-0.3, -0.25) is 9.59 Å². The summed E-state index contributed by atoms with van der Waals surface area (Å²) in [5, 5.41) is 3.67. The Balaban J connectivity index is 1.90. The lowest BCUT2D eigenvalue weighted by atomic mass is 10.2. The molecule has 1 heterocycles. The third kappa shape index (κ3) is 4.32. The molecule has 0 aliphatic carbocycles. The number of aromatic nitrogens is 1. The van der Waals surface area contributed by atoms with E-state index in [1.807, 2.05) is 18.2 Å². The summed E-state index contributed by atoms with van der Waals surface area (Å²) in [7, 11) is 1.48. The first-order valence-electron chi connectivity index (χ1n) is 8.07. The molecule has 0 saturated carbocycles. The summed E-state index contributed by atoms with van der Waals surface area (Å²) in [5.41, 5.74) is 0.758. The van der Waals surface area contributed by atoms with Crippen LogP contribution in [0, 0.1) is 0 Å². The molecule has 3 aromatic rings. The summed E-state index contributed by atoms with van der Waals surface area (Å²) in [4.78, 5) is 25.4. The lowest BCUT2D eigenvalue weighted by molar-refractivity contribution is 0.102. The van der Waals surface area contributed by atoms with Crippen molar-refractivity contribution in [2.24, 2.45) is 0 Å². The molecular formula is C20H16Cl2N2O3. The van der Waals surface area contributed by atoms with E-state index >= 15 is 0 Å². The van der Waals surface area contributed by atoms with E-state index < -0.39 is 11.5 Å². The molecular weight excluding hydrogens is 387 g/mol. The Morgan fingerprint density at radius 3 is 2.63 bits per heavy atom. The van der Waals surface area contributed by atoms with E-state index in [0.29, 0.717) is 21.5 Å². The molecule has 0 aliphatic heterocycles. The average molecular weight is 403 g/mol. The number of nitrogens with one attached hydrogen (secondary N) is 1. The maximum absolute atomic E-state index is 12.7. The maximum atomic E-state index is 12.7. The number of rotatable bonds is 5. The highest BCUT2D eigenvalue weighted by molar-refractivity contribution is 6.31. The van der Waals surface area contributed by atoms with Gasteiger partial charge in [0.05, 0.1) is 19.3 Å². The zero-order chi connectivity index (χ0) is 19.4. The molecule has 0 unspecified atom stereocenters. The second-order valence-electron chi connectivity index (χ2n) is 5.75. The van der Waals surface area contributed by atoms with Crippen molar-refractivity contribution in [2.75, 3.05) is 12.4 Å². The van der Waals surface area contributed by atoms with E-state index in [0.717, 1.165) is 5.56 Å². The zero-order valence-electron chi connectivity index (χ0n) is 14.4. The lowest BCUT2D eigenvalue weighted by Crippen LogP contribution is -2.29. The molecule has 1 N–H and O–H groups in total. The Kier molecular flexibility index (Phi) is 5.84. The number of amides is 1. The van der Waals surface area contributed by atoms with Crippen LogP contribution < -0.4 is 15.6 Å². The van der Waals surface area contributed by atoms with E-state index in [1.165, 1.54) is 17.7 Å². The molecule has 0 saturated heterocycles. The van der Waals surface area contributed by atoms with Crippen LogP contribution in [0.25, 0.3) is 0 Å². The minimum absolute atomic E-state index is 0.00609. The van der Waals surface area contributed by atoms with Gasteiger partial charge in [-0.1, -0.05) is 41.4 Å². The van der Waals surface area contributed by atoms with Crippen LogP contribution in [-0.4, -0.2) is 17.6 Å². The monoisotopic (exact) mass is 402 g/mol. The van der Waals surface area contributed by atoms with Gasteiger partial charge < -0.3 is 14.6 Å². The van der Waals surface area contributed by atoms with Gasteiger partial charge in [0.2, 0.25) is 0 Å². The van der Waals surface area contributed by atoms with Crippen LogP contribution in [0.5, 0.6) is 5.75 Å². The molecule has 0 fully saturated rings. The van der Waals surface area contributed by atoms with Gasteiger partial charge in [-0.05, 0) is 42.0 Å². The third-order valence-corrected chi connectivity index (χ3v) is 4.58. The number of anilines is 1. The normalized spacial score (nSPS) is 10.5. The SMILES string of the molecule is COc1ccc(Cl)cc1NC(=O)c1cccn(Cc2ccccc2Cl)c1=O. The molecule has 138 valence electrons. The Bertz CT molecular complexity index is 1050. The number of halogens is 2. The topological polar surface area (TPSA) is 60.3 Å². The minimum atomic E-state index is -0.547. The van der Waals surface area contributed by atoms with Crippen molar-refractivity contribution in [3.63, 3.8) is 0 Å². The number of nitrogens with zero attached hydrogens (tertiary/aromatic N) is 1. The largest absolute Gasteiger partial charge is 0.495 e. The smallest absolute Gasteiger partial charge is 0.263 e. The van der Waals surface area contributed by atoms with Crippen molar-refractivity contribution in [3.8, 4) is 5.75 Å². The average Bonchev–Trinajstić information content (AvgIpc) is 2.65. The zero-order valence-corrected chi connectivity index (χ0v) is 15.9. The number of ether oxygens (including phenoxy) is 1. The molecule has 0 radical (unpaired) electrons. The lowest BCUT2D eigenvalue weighted by Gasteiger charge is -2.12. The van der Waals surface area contributed by atoms with Gasteiger partial charge in [0.25, 0.3) is 11.5 Å². The predicted octanol–water partition coefficient (Wildman–Crippen LogP) is 4.46. The molecule has 0 bridgehead atoms. The van der Waals surface area contributed by atoms with Crippen molar-refractivity contribution in [1.29, 1.82) is 0 Å². The second kappa shape index (κ2) is 8.29. The molecule has 0 aliphatic rings. The molecule has 0 spiro atoms. The van der Waals surface area contributed by atoms with Crippen LogP contribution in [0.3, 0.4) is 0 Å². The first kappa shape index (κ1) is 19.0. The highest BCUT2D eigenvalue weighted by atomic mass is 35.5. The van der Waals surface area contributed by atoms with E-state index in [2.05, 4.69) is 5.32 Å². The fourth-order valence-corrected chi connectivity index (χ4v) is 2.98. The Hall–Kier alpha value is -2.76. The number of carbonyl (C=O) groups is 1. The van der Waals surface area contributed by atoms with Crippen LogP contribution in [0.4, 0.5) is 5.69 Å². The van der Waals surface area contributed by atoms with E-state index in [9.17, 15) is 9.59 Å². The van der Waals surface area contributed by atoms with Crippen molar-refractivity contribution in [2.45, 2.75) is 6.54 Å². The summed E-state index contributed by atoms with van der Waals surface area (Å²) in [6.07, 6.45) is 1.61. The molecule has 0 atom stereocenters. The first-order chi connectivity index (χ1) is 13.0.